The van der Waals surface area contributed by atoms with E-state index in [1.54, 1.807) is 18.3 Å². The highest BCUT2D eigenvalue weighted by atomic mass is 16.5. The van der Waals surface area contributed by atoms with Crippen molar-refractivity contribution >= 4 is 5.91 Å². The van der Waals surface area contributed by atoms with E-state index in [0.717, 1.165) is 44.8 Å². The summed E-state index contributed by atoms with van der Waals surface area (Å²) in [7, 11) is 0. The lowest BCUT2D eigenvalue weighted by molar-refractivity contribution is 0.0398. The summed E-state index contributed by atoms with van der Waals surface area (Å²) in [4.78, 5) is 19.1. The molecule has 6 heteroatoms. The number of rotatable bonds is 4. The SMILES string of the molecule is Cc1ncccc1C(=O)N[C@@H]1CN(C2CCOCC2)C[C@H]1CO. The van der Waals surface area contributed by atoms with Crippen molar-refractivity contribution in [3.8, 4) is 0 Å². The number of aliphatic hydroxyl groups excluding tert-OH is 1. The van der Waals surface area contributed by atoms with Gasteiger partial charge in [-0.25, -0.2) is 0 Å². The summed E-state index contributed by atoms with van der Waals surface area (Å²) in [6.45, 7) is 5.16. The Kier molecular flexibility index (Phi) is 5.25. The molecule has 2 aliphatic heterocycles. The van der Waals surface area contributed by atoms with Gasteiger partial charge in [-0.2, -0.15) is 0 Å². The average Bonchev–Trinajstić information content (AvgIpc) is 2.99. The number of aryl methyl sites for hydroxylation is 1. The van der Waals surface area contributed by atoms with Crippen LogP contribution in [0, 0.1) is 12.8 Å². The lowest BCUT2D eigenvalue weighted by Gasteiger charge is -2.31. The van der Waals surface area contributed by atoms with Crippen molar-refractivity contribution in [2.75, 3.05) is 32.9 Å². The molecule has 1 aromatic rings. The van der Waals surface area contributed by atoms with Gasteiger partial charge in [0.2, 0.25) is 0 Å². The van der Waals surface area contributed by atoms with E-state index in [2.05, 4.69) is 15.2 Å². The summed E-state index contributed by atoms with van der Waals surface area (Å²) in [5.74, 6) is -0.0216. The Labute approximate surface area is 136 Å². The second kappa shape index (κ2) is 7.38. The Morgan fingerprint density at radius 3 is 2.91 bits per heavy atom. The number of carbonyl (C=O) groups is 1. The van der Waals surface area contributed by atoms with E-state index in [0.29, 0.717) is 11.6 Å². The summed E-state index contributed by atoms with van der Waals surface area (Å²) in [5.41, 5.74) is 1.33. The van der Waals surface area contributed by atoms with Crippen molar-refractivity contribution in [3.05, 3.63) is 29.6 Å². The molecule has 23 heavy (non-hydrogen) atoms. The number of ether oxygens (including phenoxy) is 1. The average molecular weight is 319 g/mol. The van der Waals surface area contributed by atoms with E-state index >= 15 is 0 Å². The molecule has 2 atom stereocenters. The highest BCUT2D eigenvalue weighted by molar-refractivity contribution is 5.95. The first-order valence-corrected chi connectivity index (χ1v) is 8.34. The topological polar surface area (TPSA) is 74.7 Å². The first-order valence-electron chi connectivity index (χ1n) is 8.34. The summed E-state index contributed by atoms with van der Waals surface area (Å²) < 4.78 is 5.42. The van der Waals surface area contributed by atoms with Crippen LogP contribution >= 0.6 is 0 Å². The van der Waals surface area contributed by atoms with Crippen molar-refractivity contribution < 1.29 is 14.6 Å². The quantitative estimate of drug-likeness (QED) is 0.850. The number of nitrogens with zero attached hydrogens (tertiary/aromatic N) is 2. The lowest BCUT2D eigenvalue weighted by atomic mass is 10.0. The third-order valence-electron chi connectivity index (χ3n) is 4.98. The fourth-order valence-electron chi connectivity index (χ4n) is 3.57. The highest BCUT2D eigenvalue weighted by Gasteiger charge is 2.37. The molecular weight excluding hydrogens is 294 g/mol. The predicted molar refractivity (Wildman–Crippen MR) is 86.2 cm³/mol. The zero-order valence-electron chi connectivity index (χ0n) is 13.6. The number of pyridine rings is 1. The smallest absolute Gasteiger partial charge is 0.253 e. The Hall–Kier alpha value is -1.50. The van der Waals surface area contributed by atoms with Crippen LogP contribution in [-0.2, 0) is 4.74 Å². The Morgan fingerprint density at radius 1 is 1.43 bits per heavy atom. The maximum atomic E-state index is 12.5. The van der Waals surface area contributed by atoms with Gasteiger partial charge >= 0.3 is 0 Å². The van der Waals surface area contributed by atoms with Crippen LogP contribution in [0.25, 0.3) is 0 Å². The molecule has 0 radical (unpaired) electrons. The summed E-state index contributed by atoms with van der Waals surface area (Å²) in [6.07, 6.45) is 3.74. The summed E-state index contributed by atoms with van der Waals surface area (Å²) >= 11 is 0. The van der Waals surface area contributed by atoms with Gasteiger partial charge in [-0.15, -0.1) is 0 Å². The van der Waals surface area contributed by atoms with Crippen LogP contribution in [0.5, 0.6) is 0 Å². The summed E-state index contributed by atoms with van der Waals surface area (Å²) in [6, 6.07) is 4.04. The van der Waals surface area contributed by atoms with Crippen molar-refractivity contribution in [3.63, 3.8) is 0 Å². The van der Waals surface area contributed by atoms with Crippen LogP contribution in [0.3, 0.4) is 0 Å². The minimum Gasteiger partial charge on any atom is -0.396 e. The normalized spacial score (nSPS) is 26.3. The molecule has 3 heterocycles. The lowest BCUT2D eigenvalue weighted by Crippen LogP contribution is -2.43. The number of carbonyl (C=O) groups excluding carboxylic acids is 1. The largest absolute Gasteiger partial charge is 0.396 e. The molecule has 0 bridgehead atoms. The molecular formula is C17H25N3O3. The number of hydrogen-bond donors (Lipinski definition) is 2. The van der Waals surface area contributed by atoms with E-state index < -0.39 is 0 Å². The van der Waals surface area contributed by atoms with Gasteiger partial charge in [-0.1, -0.05) is 0 Å². The van der Waals surface area contributed by atoms with Crippen LogP contribution < -0.4 is 5.32 Å². The minimum atomic E-state index is -0.104. The van der Waals surface area contributed by atoms with Gasteiger partial charge in [-0.05, 0) is 31.9 Å². The van der Waals surface area contributed by atoms with Gasteiger partial charge < -0.3 is 15.2 Å². The van der Waals surface area contributed by atoms with Gasteiger partial charge in [0, 0.05) is 62.8 Å². The Balaban J connectivity index is 1.64. The van der Waals surface area contributed by atoms with Crippen molar-refractivity contribution in [1.82, 2.24) is 15.2 Å². The number of likely N-dealkylation sites (tertiary alicyclic amines) is 1. The van der Waals surface area contributed by atoms with Crippen LogP contribution in [0.2, 0.25) is 0 Å². The molecule has 0 aliphatic carbocycles. The van der Waals surface area contributed by atoms with E-state index in [4.69, 9.17) is 4.74 Å². The fraction of sp³-hybridized carbons (Fsp3) is 0.647. The zero-order chi connectivity index (χ0) is 16.2. The standard InChI is InChI=1S/C17H25N3O3/c1-12-15(3-2-6-18-12)17(22)19-16-10-20(9-13(16)11-21)14-4-7-23-8-5-14/h2-3,6,13-14,16,21H,4-5,7-11H2,1H3,(H,19,22)/t13-,16+/m0/s1. The molecule has 0 unspecified atom stereocenters. The van der Waals surface area contributed by atoms with Crippen LogP contribution in [0.4, 0.5) is 0 Å². The summed E-state index contributed by atoms with van der Waals surface area (Å²) in [5, 5.41) is 12.8. The number of hydrogen-bond acceptors (Lipinski definition) is 5. The first-order chi connectivity index (χ1) is 11.2. The van der Waals surface area contributed by atoms with Crippen LogP contribution in [0.1, 0.15) is 28.9 Å². The molecule has 126 valence electrons. The van der Waals surface area contributed by atoms with Crippen LogP contribution in [0.15, 0.2) is 18.3 Å². The van der Waals surface area contributed by atoms with Gasteiger partial charge in [0.1, 0.15) is 0 Å². The third-order valence-corrected chi connectivity index (χ3v) is 4.98. The predicted octanol–water partition coefficient (Wildman–Crippen LogP) is 0.592. The van der Waals surface area contributed by atoms with E-state index in [1.807, 2.05) is 6.92 Å². The molecule has 2 aliphatic rings. The van der Waals surface area contributed by atoms with E-state index in [9.17, 15) is 9.90 Å². The molecule has 3 rings (SSSR count). The Bertz CT molecular complexity index is 546. The maximum absolute atomic E-state index is 12.5. The van der Waals surface area contributed by atoms with Crippen molar-refractivity contribution in [2.45, 2.75) is 31.8 Å². The molecule has 2 saturated heterocycles. The van der Waals surface area contributed by atoms with Gasteiger partial charge in [0.25, 0.3) is 5.91 Å². The van der Waals surface area contributed by atoms with Gasteiger partial charge in [-0.3, -0.25) is 14.7 Å². The number of amides is 1. The van der Waals surface area contributed by atoms with Crippen molar-refractivity contribution in [2.24, 2.45) is 5.92 Å². The van der Waals surface area contributed by atoms with E-state index in [-0.39, 0.29) is 24.5 Å². The molecule has 0 spiro atoms. The molecule has 1 amide bonds. The zero-order valence-corrected chi connectivity index (χ0v) is 13.6. The molecule has 1 aromatic heterocycles. The second-order valence-corrected chi connectivity index (χ2v) is 6.46. The van der Waals surface area contributed by atoms with E-state index in [1.165, 1.54) is 0 Å². The van der Waals surface area contributed by atoms with Crippen LogP contribution in [-0.4, -0.2) is 65.9 Å². The third kappa shape index (κ3) is 3.71. The monoisotopic (exact) mass is 319 g/mol. The molecule has 0 saturated carbocycles. The number of nitrogens with one attached hydrogen (secondary N) is 1. The minimum absolute atomic E-state index is 0.0186. The first kappa shape index (κ1) is 16.4. The highest BCUT2D eigenvalue weighted by Crippen LogP contribution is 2.24. The number of aliphatic hydroxyl groups is 1. The van der Waals surface area contributed by atoms with Gasteiger partial charge in [0.05, 0.1) is 5.56 Å². The molecule has 0 aromatic carbocycles. The molecule has 2 fully saturated rings. The Morgan fingerprint density at radius 2 is 2.22 bits per heavy atom. The maximum Gasteiger partial charge on any atom is 0.253 e. The van der Waals surface area contributed by atoms with Gasteiger partial charge in [0.15, 0.2) is 0 Å². The molecule has 2 N–H and O–H groups in total. The fourth-order valence-corrected chi connectivity index (χ4v) is 3.57. The second-order valence-electron chi connectivity index (χ2n) is 6.46. The number of aromatic nitrogens is 1. The van der Waals surface area contributed by atoms with Crippen molar-refractivity contribution in [1.29, 1.82) is 0 Å². The molecule has 6 nitrogen and oxygen atoms in total.